The first kappa shape index (κ1) is 107. The van der Waals surface area contributed by atoms with Crippen molar-refractivity contribution in [2.45, 2.75) is 0 Å². The molecule has 0 bridgehead atoms. The van der Waals surface area contributed by atoms with Gasteiger partial charge in [-0.25, -0.2) is 0 Å². The van der Waals surface area contributed by atoms with Crippen LogP contribution >= 0.6 is 0 Å². The zero-order valence-electron chi connectivity index (χ0n) is 2.21. The average molecular weight is 215 g/mol. The van der Waals surface area contributed by atoms with E-state index in [9.17, 15) is 0 Å². The Balaban J connectivity index is 0. The van der Waals surface area contributed by atoms with Gasteiger partial charge in [0.1, 0.15) is 0 Å². The number of rotatable bonds is 0. The van der Waals surface area contributed by atoms with E-state index in [1.54, 1.807) is 0 Å². The van der Waals surface area contributed by atoms with Gasteiger partial charge in [-0.3, -0.25) is 0 Å². The van der Waals surface area contributed by atoms with Gasteiger partial charge in [0.2, 0.25) is 0 Å². The van der Waals surface area contributed by atoms with Crippen LogP contribution in [0.25, 0.3) is 0 Å². The zero-order valence-corrected chi connectivity index (χ0v) is 6.78. The molecule has 1 radical (unpaired) electrons. The van der Waals surface area contributed by atoms with Gasteiger partial charge in [0.25, 0.3) is 0 Å². The van der Waals surface area contributed by atoms with E-state index in [1.165, 1.54) is 0 Å². The average Bonchev–Trinajstić information content (AvgIpc) is 0. The second-order valence-electron chi connectivity index (χ2n) is 0. The van der Waals surface area contributed by atoms with Crippen molar-refractivity contribution in [1.29, 1.82) is 0 Å². The summed E-state index contributed by atoms with van der Waals surface area (Å²) >= 11 is 0. The van der Waals surface area contributed by atoms with Gasteiger partial charge in [0.05, 0.1) is 0 Å². The normalized spacial score (nSPS) is 0. The minimum atomic E-state index is 0. The largest absolute Gasteiger partial charge is 3.00 e. The summed E-state index contributed by atoms with van der Waals surface area (Å²) < 4.78 is 0. The van der Waals surface area contributed by atoms with Crippen molar-refractivity contribution >= 4 is 25.8 Å². The molecule has 5 heavy (non-hydrogen) atoms. The van der Waals surface area contributed by atoms with E-state index < -0.39 is 0 Å². The maximum atomic E-state index is 0. The van der Waals surface area contributed by atoms with E-state index in [0.717, 1.165) is 0 Å². The van der Waals surface area contributed by atoms with Gasteiger partial charge in [0.15, 0.2) is 0 Å². The third-order valence-corrected chi connectivity index (χ3v) is 0. The van der Waals surface area contributed by atoms with Crippen LogP contribution < -0.4 is 0 Å². The second-order valence-corrected chi connectivity index (χ2v) is 0. The fraction of sp³-hybridized carbons (Fsp3) is 0. The van der Waals surface area contributed by atoms with Crippen molar-refractivity contribution in [1.82, 2.24) is 0 Å². The smallest absolute Gasteiger partial charge is 2.00 e. The van der Waals surface area contributed by atoms with Crippen LogP contribution in [0.1, 0.15) is 0 Å². The maximum absolute atomic E-state index is 0. The summed E-state index contributed by atoms with van der Waals surface area (Å²) in [5.74, 6) is 0. The molecule has 0 unspecified atom stereocenters. The van der Waals surface area contributed by atoms with Gasteiger partial charge >= 0.3 is 43.2 Å². The molecule has 3 nitrogen and oxygen atoms in total. The summed E-state index contributed by atoms with van der Waals surface area (Å²) in [5, 5.41) is 0. The monoisotopic (exact) mass is 215 g/mol. The molecule has 27 valence electrons. The molecule has 0 aromatic heterocycles. The molecule has 0 aliphatic heterocycles. The molecule has 0 atom stereocenters. The zero-order chi connectivity index (χ0) is 0. The fourth-order valence-corrected chi connectivity index (χ4v) is 0. The SMILES string of the molecule is [Cr+3].[In+3].[O-2].[O-2].[O-2]. The topological polar surface area (TPSA) is 85.5 Å². The molecule has 0 aromatic rings. The van der Waals surface area contributed by atoms with Crippen LogP contribution in [0.2, 0.25) is 0 Å². The van der Waals surface area contributed by atoms with Crippen molar-refractivity contribution in [2.75, 3.05) is 0 Å². The third-order valence-electron chi connectivity index (χ3n) is 0. The summed E-state index contributed by atoms with van der Waals surface area (Å²) in [6, 6.07) is 0. The van der Waals surface area contributed by atoms with Gasteiger partial charge in [-0.1, -0.05) is 0 Å². The minimum Gasteiger partial charge on any atom is -2.00 e. The summed E-state index contributed by atoms with van der Waals surface area (Å²) in [4.78, 5) is 0. The van der Waals surface area contributed by atoms with E-state index in [2.05, 4.69) is 0 Å². The fourth-order valence-electron chi connectivity index (χ4n) is 0. The molecule has 0 aromatic carbocycles. The molecular formula is CrInO3. The van der Waals surface area contributed by atoms with Crippen LogP contribution in [0.3, 0.4) is 0 Å². The van der Waals surface area contributed by atoms with Crippen molar-refractivity contribution in [3.63, 3.8) is 0 Å². The Labute approximate surface area is 59.6 Å². The maximum Gasteiger partial charge on any atom is 3.00 e. The van der Waals surface area contributed by atoms with Crippen LogP contribution in [0.5, 0.6) is 0 Å². The Morgan fingerprint density at radius 2 is 0.600 bits per heavy atom. The molecule has 0 rings (SSSR count). The number of hydrogen-bond acceptors (Lipinski definition) is 0. The standard InChI is InChI=1S/Cr.In.3O/q2*+3;3*-2. The Hall–Kier alpha value is 1.28. The van der Waals surface area contributed by atoms with Crippen LogP contribution in [-0.4, -0.2) is 25.8 Å². The Morgan fingerprint density at radius 3 is 0.600 bits per heavy atom. The first-order valence-corrected chi connectivity index (χ1v) is 0. The van der Waals surface area contributed by atoms with Gasteiger partial charge in [0, 0.05) is 0 Å². The Morgan fingerprint density at radius 1 is 0.600 bits per heavy atom. The molecule has 0 N–H and O–H groups in total. The first-order valence-electron chi connectivity index (χ1n) is 0. The summed E-state index contributed by atoms with van der Waals surface area (Å²) in [6.07, 6.45) is 0. The van der Waals surface area contributed by atoms with Crippen molar-refractivity contribution in [3.05, 3.63) is 0 Å². The molecule has 0 heterocycles. The molecule has 0 aliphatic carbocycles. The predicted octanol–water partition coefficient (Wildman–Crippen LogP) is -0.740. The van der Waals surface area contributed by atoms with Crippen molar-refractivity contribution in [2.24, 2.45) is 0 Å². The van der Waals surface area contributed by atoms with E-state index in [0.29, 0.717) is 0 Å². The van der Waals surface area contributed by atoms with E-state index in [1.807, 2.05) is 0 Å². The Kier molecular flexibility index (Phi) is 1260. The molecule has 0 fully saturated rings. The predicted molar refractivity (Wildman–Crippen MR) is 7.81 cm³/mol. The van der Waals surface area contributed by atoms with Gasteiger partial charge in [-0.2, -0.15) is 0 Å². The van der Waals surface area contributed by atoms with Gasteiger partial charge < -0.3 is 16.4 Å². The molecule has 0 saturated heterocycles. The molecule has 5 heteroatoms. The first-order chi connectivity index (χ1) is 0. The van der Waals surface area contributed by atoms with Gasteiger partial charge in [-0.15, -0.1) is 0 Å². The Bertz CT molecular complexity index is 6.85. The summed E-state index contributed by atoms with van der Waals surface area (Å²) in [5.41, 5.74) is 0. The third kappa shape index (κ3) is 34.6. The van der Waals surface area contributed by atoms with E-state index in [-0.39, 0.29) is 59.6 Å². The van der Waals surface area contributed by atoms with Crippen LogP contribution in [-0.2, 0) is 33.8 Å². The number of hydrogen-bond donors (Lipinski definition) is 0. The molecule has 0 spiro atoms. The van der Waals surface area contributed by atoms with Gasteiger partial charge in [-0.05, 0) is 0 Å². The molecular weight excluding hydrogens is 215 g/mol. The van der Waals surface area contributed by atoms with Crippen LogP contribution in [0.4, 0.5) is 0 Å². The van der Waals surface area contributed by atoms with E-state index >= 15 is 0 Å². The van der Waals surface area contributed by atoms with E-state index in [4.69, 9.17) is 0 Å². The quantitative estimate of drug-likeness (QED) is 0.509. The molecule has 0 saturated carbocycles. The van der Waals surface area contributed by atoms with Crippen molar-refractivity contribution in [3.8, 4) is 0 Å². The van der Waals surface area contributed by atoms with Crippen LogP contribution in [0, 0.1) is 0 Å². The summed E-state index contributed by atoms with van der Waals surface area (Å²) in [7, 11) is 0. The second kappa shape index (κ2) is 58.9. The molecule has 0 amide bonds. The molecule has 0 aliphatic rings. The minimum absolute atomic E-state index is 0. The summed E-state index contributed by atoms with van der Waals surface area (Å²) in [6.45, 7) is 0. The van der Waals surface area contributed by atoms with Crippen LogP contribution in [0.15, 0.2) is 0 Å². The van der Waals surface area contributed by atoms with Crippen molar-refractivity contribution < 1.29 is 33.8 Å².